The second-order valence-electron chi connectivity index (χ2n) is 4.43. The van der Waals surface area contributed by atoms with Crippen LogP contribution in [0, 0.1) is 0 Å². The molecule has 1 aliphatic heterocycles. The maximum absolute atomic E-state index is 12.2. The monoisotopic (exact) mass is 395 g/mol. The van der Waals surface area contributed by atoms with Gasteiger partial charge in [0.05, 0.1) is 20.2 Å². The lowest BCUT2D eigenvalue weighted by atomic mass is 10.2. The minimum absolute atomic E-state index is 0.165. The number of nitrogens with zero attached hydrogens (tertiary/aromatic N) is 1. The third-order valence-electron chi connectivity index (χ3n) is 2.86. The number of rotatable bonds is 3. The summed E-state index contributed by atoms with van der Waals surface area (Å²) in [5, 5.41) is 0. The third kappa shape index (κ3) is 3.87. The molecule has 1 fully saturated rings. The van der Waals surface area contributed by atoms with Crippen LogP contribution in [0.3, 0.4) is 0 Å². The zero-order valence-corrected chi connectivity index (χ0v) is 14.1. The van der Waals surface area contributed by atoms with Gasteiger partial charge in [-0.2, -0.15) is 0 Å². The lowest BCUT2D eigenvalue weighted by Gasteiger charge is -2.20. The largest absolute Gasteiger partial charge is 0.377 e. The van der Waals surface area contributed by atoms with E-state index in [-0.39, 0.29) is 11.9 Å². The highest BCUT2D eigenvalue weighted by Gasteiger charge is 2.20. The van der Waals surface area contributed by atoms with Crippen molar-refractivity contribution in [3.8, 4) is 0 Å². The summed E-state index contributed by atoms with van der Waals surface area (Å²) in [7, 11) is 0. The van der Waals surface area contributed by atoms with E-state index in [1.807, 2.05) is 6.07 Å². The summed E-state index contributed by atoms with van der Waals surface area (Å²) in [6.07, 6.45) is 1.20. The van der Waals surface area contributed by atoms with Gasteiger partial charge in [0, 0.05) is 25.3 Å². The molecule has 0 bridgehead atoms. The van der Waals surface area contributed by atoms with Gasteiger partial charge in [0.25, 0.3) is 0 Å². The van der Waals surface area contributed by atoms with Gasteiger partial charge >= 0.3 is 0 Å². The Hall–Kier alpha value is 0.250. The first-order valence-electron chi connectivity index (χ1n) is 5.88. The molecule has 1 saturated heterocycles. The van der Waals surface area contributed by atoms with Crippen LogP contribution in [0.25, 0.3) is 0 Å². The van der Waals surface area contributed by atoms with Gasteiger partial charge in [-0.05, 0) is 51.3 Å². The Kier molecular flexibility index (Phi) is 5.38. The van der Waals surface area contributed by atoms with Gasteiger partial charge in [-0.3, -0.25) is 9.69 Å². The molecule has 2 rings (SSSR count). The average Bonchev–Trinajstić information content (AvgIpc) is 2.50. The molecule has 18 heavy (non-hydrogen) atoms. The maximum atomic E-state index is 12.2. The number of thiophene rings is 1. The molecule has 1 aliphatic rings. The van der Waals surface area contributed by atoms with Crippen molar-refractivity contribution in [1.82, 2.24) is 4.90 Å². The molecule has 2 heterocycles. The number of hydrogen-bond donors (Lipinski definition) is 0. The van der Waals surface area contributed by atoms with Crippen molar-refractivity contribution < 1.29 is 9.53 Å². The fraction of sp³-hybridized carbons (Fsp3) is 0.583. The lowest BCUT2D eigenvalue weighted by molar-refractivity contribution is 0.0657. The van der Waals surface area contributed by atoms with Gasteiger partial charge in [0.15, 0.2) is 5.78 Å². The molecule has 3 nitrogen and oxygen atoms in total. The van der Waals surface area contributed by atoms with Crippen LogP contribution in [0.2, 0.25) is 0 Å². The van der Waals surface area contributed by atoms with Gasteiger partial charge in [0.1, 0.15) is 0 Å². The summed E-state index contributed by atoms with van der Waals surface area (Å²) in [6.45, 7) is 5.07. The van der Waals surface area contributed by atoms with E-state index in [4.69, 9.17) is 4.74 Å². The van der Waals surface area contributed by atoms with E-state index in [1.165, 1.54) is 11.3 Å². The van der Waals surface area contributed by atoms with Crippen LogP contribution in [0.4, 0.5) is 0 Å². The van der Waals surface area contributed by atoms with E-state index < -0.39 is 0 Å². The minimum Gasteiger partial charge on any atom is -0.377 e. The van der Waals surface area contributed by atoms with E-state index in [2.05, 4.69) is 43.7 Å². The molecule has 0 radical (unpaired) electrons. The highest BCUT2D eigenvalue weighted by Crippen LogP contribution is 2.32. The molecular weight excluding hydrogens is 382 g/mol. The van der Waals surface area contributed by atoms with E-state index in [0.717, 1.165) is 39.3 Å². The molecule has 0 saturated carbocycles. The maximum Gasteiger partial charge on any atom is 0.178 e. The summed E-state index contributed by atoms with van der Waals surface area (Å²) in [5.74, 6) is 0.165. The number of carbonyl (C=O) groups excluding carboxylic acids is 1. The van der Waals surface area contributed by atoms with Gasteiger partial charge in [-0.25, -0.2) is 0 Å². The molecule has 1 unspecified atom stereocenters. The van der Waals surface area contributed by atoms with Crippen molar-refractivity contribution in [2.75, 3.05) is 26.2 Å². The fourth-order valence-corrected chi connectivity index (χ4v) is 4.90. The minimum atomic E-state index is 0.165. The Morgan fingerprint density at radius 3 is 3.06 bits per heavy atom. The quantitative estimate of drug-likeness (QED) is 0.731. The Bertz CT molecular complexity index is 436. The third-order valence-corrected chi connectivity index (χ3v) is 5.20. The topological polar surface area (TPSA) is 29.5 Å². The first-order chi connectivity index (χ1) is 8.56. The molecule has 1 aromatic rings. The van der Waals surface area contributed by atoms with Crippen molar-refractivity contribution in [2.24, 2.45) is 0 Å². The number of Topliss-reactive ketones (excluding diaryl/α,β-unsaturated/α-hetero) is 1. The van der Waals surface area contributed by atoms with E-state index in [9.17, 15) is 4.79 Å². The zero-order valence-electron chi connectivity index (χ0n) is 10.1. The second kappa shape index (κ2) is 6.61. The Balaban J connectivity index is 2.00. The SMILES string of the molecule is CC1CN(CC(=O)c2cc(Br)sc2Br)CCCO1. The zero-order chi connectivity index (χ0) is 13.1. The molecular formula is C12H15Br2NO2S. The summed E-state index contributed by atoms with van der Waals surface area (Å²) < 4.78 is 7.46. The fourth-order valence-electron chi connectivity index (χ4n) is 2.04. The molecule has 0 aromatic carbocycles. The van der Waals surface area contributed by atoms with Crippen LogP contribution in [-0.4, -0.2) is 43.0 Å². The van der Waals surface area contributed by atoms with Crippen molar-refractivity contribution in [3.63, 3.8) is 0 Å². The standard InChI is InChI=1S/C12H15Br2NO2S/c1-8-6-15(3-2-4-17-8)7-10(16)9-5-11(13)18-12(9)14/h5,8H,2-4,6-7H2,1H3. The van der Waals surface area contributed by atoms with Crippen LogP contribution < -0.4 is 0 Å². The molecule has 1 atom stereocenters. The molecule has 0 N–H and O–H groups in total. The van der Waals surface area contributed by atoms with Crippen molar-refractivity contribution in [3.05, 3.63) is 19.2 Å². The van der Waals surface area contributed by atoms with Crippen LogP contribution in [0.5, 0.6) is 0 Å². The van der Waals surface area contributed by atoms with Crippen LogP contribution in [-0.2, 0) is 4.74 Å². The van der Waals surface area contributed by atoms with E-state index in [1.54, 1.807) is 0 Å². The first-order valence-corrected chi connectivity index (χ1v) is 8.28. The summed E-state index contributed by atoms with van der Waals surface area (Å²) in [4.78, 5) is 14.4. The van der Waals surface area contributed by atoms with Gasteiger partial charge in [-0.1, -0.05) is 0 Å². The van der Waals surface area contributed by atoms with Crippen LogP contribution >= 0.6 is 43.2 Å². The molecule has 0 spiro atoms. The number of hydrogen-bond acceptors (Lipinski definition) is 4. The number of ketones is 1. The average molecular weight is 397 g/mol. The summed E-state index contributed by atoms with van der Waals surface area (Å²) in [6, 6.07) is 1.88. The highest BCUT2D eigenvalue weighted by atomic mass is 79.9. The summed E-state index contributed by atoms with van der Waals surface area (Å²) >= 11 is 8.37. The Morgan fingerprint density at radius 1 is 1.61 bits per heavy atom. The van der Waals surface area contributed by atoms with Gasteiger partial charge in [-0.15, -0.1) is 11.3 Å². The van der Waals surface area contributed by atoms with Crippen LogP contribution in [0.1, 0.15) is 23.7 Å². The van der Waals surface area contributed by atoms with Gasteiger partial charge < -0.3 is 4.74 Å². The van der Waals surface area contributed by atoms with E-state index >= 15 is 0 Å². The van der Waals surface area contributed by atoms with Crippen LogP contribution in [0.15, 0.2) is 13.6 Å². The molecule has 100 valence electrons. The van der Waals surface area contributed by atoms with E-state index in [0.29, 0.717) is 6.54 Å². The number of ether oxygens (including phenoxy) is 1. The second-order valence-corrected chi connectivity index (χ2v) is 8.18. The lowest BCUT2D eigenvalue weighted by Crippen LogP contribution is -2.34. The highest BCUT2D eigenvalue weighted by molar-refractivity contribution is 9.12. The molecule has 1 aromatic heterocycles. The Labute approximate surface area is 128 Å². The smallest absolute Gasteiger partial charge is 0.178 e. The molecule has 6 heteroatoms. The molecule has 0 aliphatic carbocycles. The number of halogens is 2. The molecule has 0 amide bonds. The van der Waals surface area contributed by atoms with Gasteiger partial charge in [0.2, 0.25) is 0 Å². The first kappa shape index (κ1) is 14.7. The number of carbonyl (C=O) groups is 1. The predicted molar refractivity (Wildman–Crippen MR) is 80.5 cm³/mol. The summed E-state index contributed by atoms with van der Waals surface area (Å²) in [5.41, 5.74) is 0.768. The van der Waals surface area contributed by atoms with Crippen molar-refractivity contribution in [2.45, 2.75) is 19.4 Å². The van der Waals surface area contributed by atoms with Crippen molar-refractivity contribution in [1.29, 1.82) is 0 Å². The predicted octanol–water partition coefficient (Wildman–Crippen LogP) is 3.57. The normalized spacial score (nSPS) is 21.8. The Morgan fingerprint density at radius 2 is 2.39 bits per heavy atom. The van der Waals surface area contributed by atoms with Crippen molar-refractivity contribution >= 4 is 49.0 Å².